The minimum atomic E-state index is -4.53. The van der Waals surface area contributed by atoms with Crippen LogP contribution in [0.2, 0.25) is 0 Å². The molecule has 2 rings (SSSR count). The molecule has 0 saturated heterocycles. The smallest absolute Gasteiger partial charge is 0.416 e. The lowest BCUT2D eigenvalue weighted by Gasteiger charge is -2.23. The van der Waals surface area contributed by atoms with E-state index in [1.54, 1.807) is 51.1 Å². The number of carbonyl (C=O) groups is 2. The average molecular weight is 394 g/mol. The Balaban J connectivity index is 2.23. The van der Waals surface area contributed by atoms with Crippen LogP contribution in [0.15, 0.2) is 54.6 Å². The third kappa shape index (κ3) is 6.29. The summed E-state index contributed by atoms with van der Waals surface area (Å²) < 4.78 is 43.8. The summed E-state index contributed by atoms with van der Waals surface area (Å²) in [4.78, 5) is 24.8. The molecule has 0 aliphatic rings. The van der Waals surface area contributed by atoms with Gasteiger partial charge < -0.3 is 15.4 Å². The lowest BCUT2D eigenvalue weighted by molar-refractivity contribution is -0.137. The first kappa shape index (κ1) is 21.3. The maximum absolute atomic E-state index is 12.9. The van der Waals surface area contributed by atoms with Crippen LogP contribution in [0, 0.1) is 0 Å². The number of nitrogens with one attached hydrogen (secondary N) is 2. The quantitative estimate of drug-likeness (QED) is 0.774. The van der Waals surface area contributed by atoms with Crippen molar-refractivity contribution in [1.82, 2.24) is 5.32 Å². The van der Waals surface area contributed by atoms with Crippen LogP contribution in [0.1, 0.15) is 37.9 Å². The van der Waals surface area contributed by atoms with Crippen LogP contribution in [0.4, 0.5) is 23.7 Å². The Morgan fingerprint density at radius 3 is 2.18 bits per heavy atom. The number of hydrogen-bond acceptors (Lipinski definition) is 3. The van der Waals surface area contributed by atoms with Crippen molar-refractivity contribution in [2.24, 2.45) is 0 Å². The molecule has 2 N–H and O–H groups in total. The first-order chi connectivity index (χ1) is 13.0. The predicted octanol–water partition coefficient (Wildman–Crippen LogP) is 4.91. The third-order valence-corrected chi connectivity index (χ3v) is 3.51. The zero-order chi connectivity index (χ0) is 20.9. The maximum Gasteiger partial charge on any atom is 0.416 e. The van der Waals surface area contributed by atoms with Gasteiger partial charge in [0.1, 0.15) is 11.6 Å². The summed E-state index contributed by atoms with van der Waals surface area (Å²) in [7, 11) is 0. The minimum Gasteiger partial charge on any atom is -0.444 e. The third-order valence-electron chi connectivity index (χ3n) is 3.51. The normalized spacial score (nSPS) is 12.8. The second-order valence-electron chi connectivity index (χ2n) is 7.06. The number of alkyl halides is 3. The summed E-state index contributed by atoms with van der Waals surface area (Å²) >= 11 is 0. The van der Waals surface area contributed by atoms with E-state index in [1.165, 1.54) is 12.1 Å². The molecule has 5 nitrogen and oxygen atoms in total. The van der Waals surface area contributed by atoms with E-state index in [2.05, 4.69) is 10.6 Å². The topological polar surface area (TPSA) is 67.4 Å². The fraction of sp³-hybridized carbons (Fsp3) is 0.300. The van der Waals surface area contributed by atoms with Gasteiger partial charge in [-0.2, -0.15) is 13.2 Å². The number of ether oxygens (including phenoxy) is 1. The van der Waals surface area contributed by atoms with Crippen molar-refractivity contribution in [2.75, 3.05) is 5.32 Å². The van der Waals surface area contributed by atoms with Gasteiger partial charge in [0.05, 0.1) is 5.56 Å². The Hall–Kier alpha value is -3.03. The van der Waals surface area contributed by atoms with Gasteiger partial charge in [0.25, 0.3) is 5.91 Å². The highest BCUT2D eigenvalue weighted by Gasteiger charge is 2.31. The van der Waals surface area contributed by atoms with Crippen molar-refractivity contribution >= 4 is 17.7 Å². The molecular weight excluding hydrogens is 373 g/mol. The first-order valence-electron chi connectivity index (χ1n) is 8.48. The van der Waals surface area contributed by atoms with Crippen LogP contribution in [0.25, 0.3) is 0 Å². The number of alkyl carbamates (subject to hydrolysis) is 1. The Kier molecular flexibility index (Phi) is 6.33. The molecule has 2 aromatic carbocycles. The van der Waals surface area contributed by atoms with E-state index < -0.39 is 35.4 Å². The number of benzene rings is 2. The fourth-order valence-corrected chi connectivity index (χ4v) is 2.36. The molecule has 0 aliphatic heterocycles. The van der Waals surface area contributed by atoms with Crippen molar-refractivity contribution in [3.63, 3.8) is 0 Å². The molecule has 2 amide bonds. The maximum atomic E-state index is 12.9. The molecule has 0 bridgehead atoms. The summed E-state index contributed by atoms with van der Waals surface area (Å²) in [6.45, 7) is 5.02. The number of carbonyl (C=O) groups excluding carboxylic acids is 2. The molecular formula is C20H21F3N2O3. The van der Waals surface area contributed by atoms with Gasteiger partial charge in [-0.1, -0.05) is 36.4 Å². The fourth-order valence-electron chi connectivity index (χ4n) is 2.36. The van der Waals surface area contributed by atoms with Crippen molar-refractivity contribution in [2.45, 2.75) is 38.6 Å². The van der Waals surface area contributed by atoms with Crippen LogP contribution in [0.5, 0.6) is 0 Å². The number of halogens is 3. The highest BCUT2D eigenvalue weighted by Crippen LogP contribution is 2.31. The van der Waals surface area contributed by atoms with E-state index in [1.807, 2.05) is 0 Å². The SMILES string of the molecule is CC(C)(C)OC(=O)NC(C(=O)Nc1cccc(C(F)(F)F)c1)c1ccccc1. The van der Waals surface area contributed by atoms with E-state index >= 15 is 0 Å². The number of anilines is 1. The van der Waals surface area contributed by atoms with Crippen LogP contribution >= 0.6 is 0 Å². The standard InChI is InChI=1S/C20H21F3N2O3/c1-19(2,3)28-18(27)25-16(13-8-5-4-6-9-13)17(26)24-15-11-7-10-14(12-15)20(21,22)23/h4-12,16H,1-3H3,(H,24,26)(H,25,27). The molecule has 8 heteroatoms. The molecule has 1 unspecified atom stereocenters. The average Bonchev–Trinajstić information content (AvgIpc) is 2.58. The Morgan fingerprint density at radius 1 is 0.964 bits per heavy atom. The predicted molar refractivity (Wildman–Crippen MR) is 98.6 cm³/mol. The zero-order valence-electron chi connectivity index (χ0n) is 15.6. The summed E-state index contributed by atoms with van der Waals surface area (Å²) in [6.07, 6.45) is -5.35. The van der Waals surface area contributed by atoms with Gasteiger partial charge in [-0.15, -0.1) is 0 Å². The molecule has 28 heavy (non-hydrogen) atoms. The molecule has 0 radical (unpaired) electrons. The van der Waals surface area contributed by atoms with E-state index in [9.17, 15) is 22.8 Å². The molecule has 1 atom stereocenters. The number of hydrogen-bond donors (Lipinski definition) is 2. The van der Waals surface area contributed by atoms with Gasteiger partial charge in [-0.05, 0) is 44.5 Å². The second kappa shape index (κ2) is 8.33. The van der Waals surface area contributed by atoms with Crippen LogP contribution < -0.4 is 10.6 Å². The second-order valence-corrected chi connectivity index (χ2v) is 7.06. The molecule has 0 spiro atoms. The Bertz CT molecular complexity index is 831. The summed E-state index contributed by atoms with van der Waals surface area (Å²) in [5.41, 5.74) is -1.24. The number of rotatable bonds is 4. The first-order valence-corrected chi connectivity index (χ1v) is 8.48. The van der Waals surface area contributed by atoms with Gasteiger partial charge in [-0.25, -0.2) is 4.79 Å². The Labute approximate surface area is 160 Å². The lowest BCUT2D eigenvalue weighted by Crippen LogP contribution is -2.40. The van der Waals surface area contributed by atoms with Crippen LogP contribution in [0.3, 0.4) is 0 Å². The molecule has 0 fully saturated rings. The Morgan fingerprint density at radius 2 is 1.61 bits per heavy atom. The minimum absolute atomic E-state index is 0.0354. The summed E-state index contributed by atoms with van der Waals surface area (Å²) in [5, 5.41) is 4.87. The van der Waals surface area contributed by atoms with Gasteiger partial charge in [0, 0.05) is 5.69 Å². The largest absolute Gasteiger partial charge is 0.444 e. The van der Waals surface area contributed by atoms with Gasteiger partial charge in [0.2, 0.25) is 0 Å². The van der Waals surface area contributed by atoms with Crippen LogP contribution in [-0.2, 0) is 15.7 Å². The lowest BCUT2D eigenvalue weighted by atomic mass is 10.1. The van der Waals surface area contributed by atoms with E-state index in [0.717, 1.165) is 12.1 Å². The highest BCUT2D eigenvalue weighted by molar-refractivity contribution is 5.97. The molecule has 150 valence electrons. The van der Waals surface area contributed by atoms with Crippen molar-refractivity contribution < 1.29 is 27.5 Å². The molecule has 0 heterocycles. The van der Waals surface area contributed by atoms with Gasteiger partial charge in [0.15, 0.2) is 0 Å². The van der Waals surface area contributed by atoms with Crippen molar-refractivity contribution in [3.05, 3.63) is 65.7 Å². The molecule has 2 aromatic rings. The number of amides is 2. The monoisotopic (exact) mass is 394 g/mol. The van der Waals surface area contributed by atoms with E-state index in [0.29, 0.717) is 5.56 Å². The molecule has 0 saturated carbocycles. The summed E-state index contributed by atoms with van der Waals surface area (Å²) in [5.74, 6) is -0.698. The summed E-state index contributed by atoms with van der Waals surface area (Å²) in [6, 6.07) is 11.4. The van der Waals surface area contributed by atoms with Gasteiger partial charge >= 0.3 is 12.3 Å². The van der Waals surface area contributed by atoms with Crippen LogP contribution in [-0.4, -0.2) is 17.6 Å². The van der Waals surface area contributed by atoms with E-state index in [4.69, 9.17) is 4.74 Å². The van der Waals surface area contributed by atoms with Crippen molar-refractivity contribution in [3.8, 4) is 0 Å². The highest BCUT2D eigenvalue weighted by atomic mass is 19.4. The van der Waals surface area contributed by atoms with E-state index in [-0.39, 0.29) is 5.69 Å². The van der Waals surface area contributed by atoms with Gasteiger partial charge in [-0.3, -0.25) is 4.79 Å². The molecule has 0 aromatic heterocycles. The zero-order valence-corrected chi connectivity index (χ0v) is 15.6. The van der Waals surface area contributed by atoms with Crippen molar-refractivity contribution in [1.29, 1.82) is 0 Å². The molecule has 0 aliphatic carbocycles.